The van der Waals surface area contributed by atoms with E-state index in [1.54, 1.807) is 0 Å². The summed E-state index contributed by atoms with van der Waals surface area (Å²) in [5.41, 5.74) is 2.49. The number of hydrogen-bond donors (Lipinski definition) is 0. The molecule has 2 rings (SSSR count). The van der Waals surface area contributed by atoms with Crippen molar-refractivity contribution in [3.05, 3.63) is 38.4 Å². The van der Waals surface area contributed by atoms with E-state index in [4.69, 9.17) is 0 Å². The van der Waals surface area contributed by atoms with Crippen molar-refractivity contribution in [1.82, 2.24) is 0 Å². The zero-order valence-electron chi connectivity index (χ0n) is 9.43. The Bertz CT molecular complexity index is 399. The van der Waals surface area contributed by atoms with Crippen LogP contribution in [0.25, 0.3) is 0 Å². The minimum absolute atomic E-state index is 0. The zero-order valence-corrected chi connectivity index (χ0v) is 13.6. The average Bonchev–Trinajstić information content (AvgIpc) is 2.30. The fourth-order valence-corrected chi connectivity index (χ4v) is 5.08. The summed E-state index contributed by atoms with van der Waals surface area (Å²) in [6, 6.07) is 5.78. The molecule has 0 bridgehead atoms. The first-order valence-corrected chi connectivity index (χ1v) is 8.37. The van der Waals surface area contributed by atoms with E-state index in [0.29, 0.717) is 8.58 Å². The molecule has 1 aliphatic rings. The molecule has 1 nitrogen and oxygen atoms in total. The summed E-state index contributed by atoms with van der Waals surface area (Å²) < 4.78 is 1.78. The van der Waals surface area contributed by atoms with Gasteiger partial charge in [0, 0.05) is 14.6 Å². The maximum absolute atomic E-state index is 12.3. The van der Waals surface area contributed by atoms with Gasteiger partial charge >= 0.3 is 18.9 Å². The van der Waals surface area contributed by atoms with Gasteiger partial charge in [0.1, 0.15) is 0 Å². The predicted molar refractivity (Wildman–Crippen MR) is 88.0 cm³/mol. The van der Waals surface area contributed by atoms with E-state index < -0.39 is 0 Å². The predicted octanol–water partition coefficient (Wildman–Crippen LogP) is 4.88. The van der Waals surface area contributed by atoms with Gasteiger partial charge < -0.3 is 0 Å². The van der Waals surface area contributed by atoms with Crippen molar-refractivity contribution in [2.75, 3.05) is 0 Å². The molecule has 0 heterocycles. The monoisotopic (exact) mass is 383 g/mol. The van der Waals surface area contributed by atoms with E-state index in [0.717, 1.165) is 27.4 Å². The fourth-order valence-electron chi connectivity index (χ4n) is 2.04. The summed E-state index contributed by atoms with van der Waals surface area (Å²) in [5.74, 6) is 0. The molecule has 0 spiro atoms. The van der Waals surface area contributed by atoms with Crippen LogP contribution in [0, 0.1) is 5.66 Å². The Morgan fingerprint density at radius 1 is 1.06 bits per heavy atom. The number of hydrogen-bond acceptors (Lipinski definition) is 1. The summed E-state index contributed by atoms with van der Waals surface area (Å²) in [4.78, 5) is 12.3. The Morgan fingerprint density at radius 2 is 1.61 bits per heavy atom. The molecular formula is C13H15Br2LiOP. The van der Waals surface area contributed by atoms with Crippen molar-refractivity contribution in [3.63, 3.8) is 0 Å². The van der Waals surface area contributed by atoms with E-state index >= 15 is 0 Å². The molecule has 1 atom stereocenters. The van der Waals surface area contributed by atoms with Gasteiger partial charge in [0.15, 0.2) is 5.52 Å². The van der Waals surface area contributed by atoms with Crippen LogP contribution in [0.5, 0.6) is 0 Å². The van der Waals surface area contributed by atoms with Crippen LogP contribution in [0.4, 0.5) is 0 Å². The topological polar surface area (TPSA) is 17.1 Å². The average molecular weight is 385 g/mol. The third-order valence-electron chi connectivity index (χ3n) is 2.94. The molecule has 0 saturated heterocycles. The Morgan fingerprint density at radius 3 is 2.17 bits per heavy atom. The molecule has 1 saturated carbocycles. The Hall–Kier alpha value is 0.877. The molecule has 0 aromatic heterocycles. The van der Waals surface area contributed by atoms with E-state index in [9.17, 15) is 4.79 Å². The first kappa shape index (κ1) is 16.9. The molecular weight excluding hydrogens is 370 g/mol. The van der Waals surface area contributed by atoms with Crippen LogP contribution in [-0.4, -0.2) is 24.4 Å². The van der Waals surface area contributed by atoms with Crippen molar-refractivity contribution in [3.8, 4) is 0 Å². The molecule has 1 fully saturated rings. The van der Waals surface area contributed by atoms with Gasteiger partial charge in [-0.25, -0.2) is 0 Å². The Labute approximate surface area is 139 Å². The second-order valence-corrected chi connectivity index (χ2v) is 7.33. The van der Waals surface area contributed by atoms with Crippen LogP contribution >= 0.6 is 40.4 Å². The van der Waals surface area contributed by atoms with Crippen molar-refractivity contribution in [2.24, 2.45) is 0 Å². The third kappa shape index (κ3) is 4.46. The number of carbonyl (C=O) groups excluding carboxylic acids is 1. The van der Waals surface area contributed by atoms with E-state index in [1.807, 2.05) is 18.2 Å². The second-order valence-electron chi connectivity index (χ2n) is 4.21. The molecule has 0 N–H and O–H groups in total. The summed E-state index contributed by atoms with van der Waals surface area (Å²) in [6.07, 6.45) is 6.12. The number of carbonyl (C=O) groups is 1. The van der Waals surface area contributed by atoms with Gasteiger partial charge in [0.25, 0.3) is 0 Å². The molecule has 1 aromatic rings. The molecule has 93 valence electrons. The maximum atomic E-state index is 12.3. The first-order chi connectivity index (χ1) is 8.18. The van der Waals surface area contributed by atoms with Crippen LogP contribution < -0.4 is 0 Å². The van der Waals surface area contributed by atoms with Gasteiger partial charge in [-0.15, -0.1) is 0 Å². The SMILES string of the molecule is O=C(P[C]1CCCCC1)c1c(Br)cccc1Br.[LiH]. The summed E-state index contributed by atoms with van der Waals surface area (Å²) in [5, 5.41) is 0. The summed E-state index contributed by atoms with van der Waals surface area (Å²) >= 11 is 6.91. The molecule has 18 heavy (non-hydrogen) atoms. The molecule has 5 heteroatoms. The molecule has 1 radical (unpaired) electrons. The fraction of sp³-hybridized carbons (Fsp3) is 0.385. The minimum atomic E-state index is 0. The second kappa shape index (κ2) is 8.23. The van der Waals surface area contributed by atoms with Crippen LogP contribution in [-0.2, 0) is 0 Å². The van der Waals surface area contributed by atoms with Gasteiger partial charge in [0.05, 0.1) is 5.56 Å². The van der Waals surface area contributed by atoms with Gasteiger partial charge in [0.2, 0.25) is 0 Å². The molecule has 0 amide bonds. The summed E-state index contributed by atoms with van der Waals surface area (Å²) in [6.45, 7) is 0. The summed E-state index contributed by atoms with van der Waals surface area (Å²) in [7, 11) is 0.343. The third-order valence-corrected chi connectivity index (χ3v) is 5.59. The molecule has 1 aromatic carbocycles. The normalized spacial score (nSPS) is 16.8. The zero-order chi connectivity index (χ0) is 12.3. The number of benzene rings is 1. The van der Waals surface area contributed by atoms with Crippen LogP contribution in [0.15, 0.2) is 27.1 Å². The van der Waals surface area contributed by atoms with Gasteiger partial charge in [-0.2, -0.15) is 0 Å². The number of rotatable bonds is 3. The van der Waals surface area contributed by atoms with Gasteiger partial charge in [-0.3, -0.25) is 4.79 Å². The van der Waals surface area contributed by atoms with Crippen molar-refractivity contribution in [1.29, 1.82) is 0 Å². The van der Waals surface area contributed by atoms with E-state index in [2.05, 4.69) is 31.9 Å². The van der Waals surface area contributed by atoms with Gasteiger partial charge in [-0.1, -0.05) is 25.3 Å². The molecule has 0 aliphatic heterocycles. The first-order valence-electron chi connectivity index (χ1n) is 5.78. The molecule has 1 aliphatic carbocycles. The van der Waals surface area contributed by atoms with E-state index in [1.165, 1.54) is 24.9 Å². The quantitative estimate of drug-likeness (QED) is 0.536. The van der Waals surface area contributed by atoms with Crippen LogP contribution in [0.2, 0.25) is 0 Å². The van der Waals surface area contributed by atoms with E-state index in [-0.39, 0.29) is 24.4 Å². The van der Waals surface area contributed by atoms with Gasteiger partial charge in [-0.05, 0) is 65.4 Å². The van der Waals surface area contributed by atoms with Crippen molar-refractivity contribution < 1.29 is 4.79 Å². The standard InChI is InChI=1S/C13H14Br2OP.Li.H/c14-10-7-4-8-11(15)12(10)13(16)17-9-5-2-1-3-6-9;;/h4,7-8,17H,1-3,5-6H2;;. The molecule has 1 unspecified atom stereocenters. The van der Waals surface area contributed by atoms with Crippen molar-refractivity contribution in [2.45, 2.75) is 32.1 Å². The van der Waals surface area contributed by atoms with Crippen molar-refractivity contribution >= 4 is 64.8 Å². The number of halogens is 2. The Kier molecular flexibility index (Phi) is 7.74. The Balaban J connectivity index is 0.00000162. The van der Waals surface area contributed by atoms with Crippen LogP contribution in [0.3, 0.4) is 0 Å². The van der Waals surface area contributed by atoms with Crippen LogP contribution in [0.1, 0.15) is 42.5 Å².